The lowest BCUT2D eigenvalue weighted by Gasteiger charge is -2.35. The van der Waals surface area contributed by atoms with E-state index in [0.29, 0.717) is 47.6 Å². The zero-order valence-electron chi connectivity index (χ0n) is 18.2. The molecular formula is C24H26N2O5S. The quantitative estimate of drug-likeness (QED) is 0.588. The van der Waals surface area contributed by atoms with Crippen LogP contribution in [0.5, 0.6) is 17.2 Å². The van der Waals surface area contributed by atoms with E-state index in [9.17, 15) is 8.42 Å². The first kappa shape index (κ1) is 20.9. The lowest BCUT2D eigenvalue weighted by molar-refractivity contribution is 0.172. The third kappa shape index (κ3) is 3.62. The standard InChI is InChI=1S/C24H26N2O5S/c1-16-4-3-9-26(15-16)24-19-12-21-22(31-11-10-30-21)13-20(19)25-14-23(24)32(27,28)18-7-5-17(29-2)6-8-18/h5-8,12-14,16H,3-4,9-11,15H2,1-2H3/t16-/m1/s1. The van der Waals surface area contributed by atoms with Crippen LogP contribution in [0.4, 0.5) is 5.69 Å². The predicted molar refractivity (Wildman–Crippen MR) is 122 cm³/mol. The van der Waals surface area contributed by atoms with E-state index >= 15 is 0 Å². The van der Waals surface area contributed by atoms with E-state index in [-0.39, 0.29) is 9.79 Å². The van der Waals surface area contributed by atoms with Crippen LogP contribution >= 0.6 is 0 Å². The highest BCUT2D eigenvalue weighted by Crippen LogP contribution is 2.42. The van der Waals surface area contributed by atoms with Crippen molar-refractivity contribution >= 4 is 26.4 Å². The second-order valence-corrected chi connectivity index (χ2v) is 10.3. The number of sulfone groups is 1. The summed E-state index contributed by atoms with van der Waals surface area (Å²) < 4.78 is 44.2. The fourth-order valence-corrected chi connectivity index (χ4v) is 5.93. The van der Waals surface area contributed by atoms with Crippen molar-refractivity contribution in [3.8, 4) is 17.2 Å². The molecule has 0 unspecified atom stereocenters. The monoisotopic (exact) mass is 454 g/mol. The van der Waals surface area contributed by atoms with Crippen LogP contribution in [0.15, 0.2) is 52.4 Å². The molecule has 8 heteroatoms. The fraction of sp³-hybridized carbons (Fsp3) is 0.375. The van der Waals surface area contributed by atoms with Crippen molar-refractivity contribution in [3.63, 3.8) is 0 Å². The lowest BCUT2D eigenvalue weighted by Crippen LogP contribution is -2.35. The van der Waals surface area contributed by atoms with Gasteiger partial charge in [-0.15, -0.1) is 0 Å². The Labute approximate surface area is 187 Å². The van der Waals surface area contributed by atoms with Gasteiger partial charge in [0.1, 0.15) is 23.9 Å². The molecule has 3 aromatic rings. The molecule has 0 bridgehead atoms. The first-order chi connectivity index (χ1) is 15.5. The van der Waals surface area contributed by atoms with Crippen molar-refractivity contribution in [1.82, 2.24) is 4.98 Å². The van der Waals surface area contributed by atoms with E-state index in [2.05, 4.69) is 16.8 Å². The van der Waals surface area contributed by atoms with Gasteiger partial charge in [-0.2, -0.15) is 0 Å². The number of methoxy groups -OCH3 is 1. The Balaban J connectivity index is 1.73. The van der Waals surface area contributed by atoms with Crippen molar-refractivity contribution in [2.24, 2.45) is 5.92 Å². The zero-order chi connectivity index (χ0) is 22.3. The SMILES string of the molecule is COc1ccc(S(=O)(=O)c2cnc3cc4c(cc3c2N2CCC[C@@H](C)C2)OCCO4)cc1. The molecular weight excluding hydrogens is 428 g/mol. The van der Waals surface area contributed by atoms with Crippen LogP contribution in [0, 0.1) is 5.92 Å². The summed E-state index contributed by atoms with van der Waals surface area (Å²) in [4.78, 5) is 7.13. The molecule has 1 atom stereocenters. The van der Waals surface area contributed by atoms with Crippen LogP contribution in [-0.2, 0) is 9.84 Å². The largest absolute Gasteiger partial charge is 0.497 e. The highest BCUT2D eigenvalue weighted by Gasteiger charge is 2.30. The molecule has 1 aromatic heterocycles. The molecule has 0 saturated carbocycles. The van der Waals surface area contributed by atoms with Crippen LogP contribution < -0.4 is 19.1 Å². The van der Waals surface area contributed by atoms with Crippen LogP contribution in [-0.4, -0.2) is 46.8 Å². The Bertz CT molecular complexity index is 1260. The molecule has 2 aliphatic heterocycles. The molecule has 0 radical (unpaired) electrons. The van der Waals surface area contributed by atoms with Crippen molar-refractivity contribution in [2.75, 3.05) is 38.3 Å². The van der Waals surface area contributed by atoms with Gasteiger partial charge in [0.15, 0.2) is 11.5 Å². The number of aromatic nitrogens is 1. The maximum Gasteiger partial charge on any atom is 0.210 e. The van der Waals surface area contributed by atoms with E-state index in [0.717, 1.165) is 31.3 Å². The minimum Gasteiger partial charge on any atom is -0.497 e. The van der Waals surface area contributed by atoms with Gasteiger partial charge in [0, 0.05) is 30.7 Å². The molecule has 1 saturated heterocycles. The number of ether oxygens (including phenoxy) is 3. The van der Waals surface area contributed by atoms with Gasteiger partial charge in [0.2, 0.25) is 9.84 Å². The topological polar surface area (TPSA) is 78.0 Å². The van der Waals surface area contributed by atoms with Gasteiger partial charge < -0.3 is 19.1 Å². The summed E-state index contributed by atoms with van der Waals surface area (Å²) in [6, 6.07) is 10.2. The average Bonchev–Trinajstić information content (AvgIpc) is 2.82. The average molecular weight is 455 g/mol. The van der Waals surface area contributed by atoms with E-state index in [4.69, 9.17) is 14.2 Å². The molecule has 0 N–H and O–H groups in total. The van der Waals surface area contributed by atoms with Gasteiger partial charge in [-0.05, 0) is 49.1 Å². The summed E-state index contributed by atoms with van der Waals surface area (Å²) in [5.74, 6) is 2.34. The number of fused-ring (bicyclic) bond motifs is 2. The normalized spacial score (nSPS) is 18.6. The molecule has 32 heavy (non-hydrogen) atoms. The third-order valence-electron chi connectivity index (χ3n) is 6.10. The van der Waals surface area contributed by atoms with Gasteiger partial charge in [-0.3, -0.25) is 4.98 Å². The first-order valence-electron chi connectivity index (χ1n) is 10.8. The lowest BCUT2D eigenvalue weighted by atomic mass is 9.99. The van der Waals surface area contributed by atoms with Gasteiger partial charge in [0.05, 0.1) is 23.2 Å². The number of hydrogen-bond donors (Lipinski definition) is 0. The van der Waals surface area contributed by atoms with Crippen molar-refractivity contribution in [1.29, 1.82) is 0 Å². The summed E-state index contributed by atoms with van der Waals surface area (Å²) in [6.07, 6.45) is 3.62. The number of rotatable bonds is 4. The highest BCUT2D eigenvalue weighted by atomic mass is 32.2. The van der Waals surface area contributed by atoms with Gasteiger partial charge in [-0.25, -0.2) is 8.42 Å². The Morgan fingerprint density at radius 2 is 1.81 bits per heavy atom. The third-order valence-corrected chi connectivity index (χ3v) is 7.87. The molecule has 2 aromatic carbocycles. The molecule has 3 heterocycles. The Morgan fingerprint density at radius 1 is 1.09 bits per heavy atom. The maximum absolute atomic E-state index is 13.7. The molecule has 0 spiro atoms. The molecule has 5 rings (SSSR count). The Morgan fingerprint density at radius 3 is 2.50 bits per heavy atom. The number of nitrogens with zero attached hydrogens (tertiary/aromatic N) is 2. The van der Waals surface area contributed by atoms with Crippen molar-refractivity contribution in [2.45, 2.75) is 29.6 Å². The number of piperidine rings is 1. The number of anilines is 1. The van der Waals surface area contributed by atoms with E-state index in [1.54, 1.807) is 31.4 Å². The molecule has 0 aliphatic carbocycles. The number of benzene rings is 2. The Hall–Kier alpha value is -3.00. The second-order valence-electron chi connectivity index (χ2n) is 8.36. The smallest absolute Gasteiger partial charge is 0.210 e. The first-order valence-corrected chi connectivity index (χ1v) is 12.3. The van der Waals surface area contributed by atoms with Crippen LogP contribution in [0.2, 0.25) is 0 Å². The second kappa shape index (κ2) is 8.16. The van der Waals surface area contributed by atoms with Crippen LogP contribution in [0.25, 0.3) is 10.9 Å². The zero-order valence-corrected chi connectivity index (χ0v) is 19.0. The number of pyridine rings is 1. The molecule has 168 valence electrons. The Kier molecular flexibility index (Phi) is 5.33. The number of hydrogen-bond acceptors (Lipinski definition) is 7. The summed E-state index contributed by atoms with van der Waals surface area (Å²) in [7, 11) is -2.25. The molecule has 1 fully saturated rings. The summed E-state index contributed by atoms with van der Waals surface area (Å²) >= 11 is 0. The maximum atomic E-state index is 13.7. The predicted octanol–water partition coefficient (Wildman–Crippen LogP) is 4.08. The van der Waals surface area contributed by atoms with Crippen molar-refractivity contribution in [3.05, 3.63) is 42.6 Å². The van der Waals surface area contributed by atoms with E-state index in [1.165, 1.54) is 6.20 Å². The van der Waals surface area contributed by atoms with Crippen LogP contribution in [0.1, 0.15) is 19.8 Å². The van der Waals surface area contributed by atoms with Gasteiger partial charge >= 0.3 is 0 Å². The fourth-order valence-electron chi connectivity index (χ4n) is 4.49. The summed E-state index contributed by atoms with van der Waals surface area (Å²) in [5, 5.41) is 0.762. The summed E-state index contributed by atoms with van der Waals surface area (Å²) in [5.41, 5.74) is 1.38. The molecule has 7 nitrogen and oxygen atoms in total. The van der Waals surface area contributed by atoms with Crippen molar-refractivity contribution < 1.29 is 22.6 Å². The summed E-state index contributed by atoms with van der Waals surface area (Å²) in [6.45, 7) is 4.73. The minimum atomic E-state index is -3.81. The minimum absolute atomic E-state index is 0.209. The van der Waals surface area contributed by atoms with E-state index in [1.807, 2.05) is 12.1 Å². The van der Waals surface area contributed by atoms with E-state index < -0.39 is 9.84 Å². The van der Waals surface area contributed by atoms with Gasteiger partial charge in [-0.1, -0.05) is 6.92 Å². The highest BCUT2D eigenvalue weighted by molar-refractivity contribution is 7.91. The molecule has 2 aliphatic rings. The molecule has 0 amide bonds. The van der Waals surface area contributed by atoms with Crippen LogP contribution in [0.3, 0.4) is 0 Å². The van der Waals surface area contributed by atoms with Gasteiger partial charge in [0.25, 0.3) is 0 Å².